The fourth-order valence-electron chi connectivity index (χ4n) is 2.01. The van der Waals surface area contributed by atoms with Crippen LogP contribution in [0.2, 0.25) is 0 Å². The summed E-state index contributed by atoms with van der Waals surface area (Å²) in [5.41, 5.74) is 0. The molecule has 158 valence electrons. The fraction of sp³-hybridized carbons (Fsp3) is 0.100. The molecule has 30 heavy (non-hydrogen) atoms. The Morgan fingerprint density at radius 2 is 1.13 bits per heavy atom. The SMILES string of the molecule is O=C(C=CBr)Oc1ccc(OCCOc2ccc(OC(=O)C=CBr)c(Br)c2)cc1Br. The van der Waals surface area contributed by atoms with Crippen molar-refractivity contribution in [2.75, 3.05) is 13.2 Å². The molecule has 2 aromatic carbocycles. The second kappa shape index (κ2) is 12.9. The van der Waals surface area contributed by atoms with Gasteiger partial charge >= 0.3 is 11.9 Å². The molecule has 0 radical (unpaired) electrons. The van der Waals surface area contributed by atoms with Gasteiger partial charge in [0.1, 0.15) is 36.2 Å². The number of benzene rings is 2. The summed E-state index contributed by atoms with van der Waals surface area (Å²) in [7, 11) is 0. The largest absolute Gasteiger partial charge is 0.490 e. The summed E-state index contributed by atoms with van der Waals surface area (Å²) < 4.78 is 22.8. The van der Waals surface area contributed by atoms with E-state index < -0.39 is 11.9 Å². The Balaban J connectivity index is 1.83. The third-order valence-electron chi connectivity index (χ3n) is 3.25. The molecular formula is C20H14Br4O6. The Labute approximate surface area is 206 Å². The van der Waals surface area contributed by atoms with E-state index in [4.69, 9.17) is 18.9 Å². The van der Waals surface area contributed by atoms with Gasteiger partial charge in [-0.15, -0.1) is 0 Å². The number of carbonyl (C=O) groups excluding carboxylic acids is 2. The van der Waals surface area contributed by atoms with Crippen molar-refractivity contribution in [3.63, 3.8) is 0 Å². The highest BCUT2D eigenvalue weighted by atomic mass is 79.9. The lowest BCUT2D eigenvalue weighted by atomic mass is 10.3. The van der Waals surface area contributed by atoms with E-state index in [-0.39, 0.29) is 0 Å². The van der Waals surface area contributed by atoms with E-state index in [2.05, 4.69) is 63.7 Å². The summed E-state index contributed by atoms with van der Waals surface area (Å²) in [5, 5.41) is 0. The smallest absolute Gasteiger partial charge is 0.336 e. The standard InChI is InChI=1S/C20H14Br4O6/c21-7-5-19(25)29-17-3-1-13(11-15(17)23)27-9-10-28-14-2-4-18(16(24)12-14)30-20(26)6-8-22/h1-8,11-12H,9-10H2. The quantitative estimate of drug-likeness (QED) is 0.135. The van der Waals surface area contributed by atoms with E-state index in [1.807, 2.05) is 0 Å². The highest BCUT2D eigenvalue weighted by molar-refractivity contribution is 9.11. The number of rotatable bonds is 9. The molecule has 0 spiro atoms. The van der Waals surface area contributed by atoms with E-state index in [0.717, 1.165) is 0 Å². The maximum absolute atomic E-state index is 11.5. The van der Waals surface area contributed by atoms with Crippen LogP contribution in [0.1, 0.15) is 0 Å². The molecule has 0 atom stereocenters. The van der Waals surface area contributed by atoms with Gasteiger partial charge < -0.3 is 18.9 Å². The van der Waals surface area contributed by atoms with Gasteiger partial charge in [0.05, 0.1) is 8.95 Å². The van der Waals surface area contributed by atoms with E-state index in [0.29, 0.717) is 45.2 Å². The number of ether oxygens (including phenoxy) is 4. The molecule has 0 aliphatic carbocycles. The zero-order valence-electron chi connectivity index (χ0n) is 15.1. The van der Waals surface area contributed by atoms with Crippen LogP contribution in [0.5, 0.6) is 23.0 Å². The Morgan fingerprint density at radius 1 is 0.733 bits per heavy atom. The molecule has 2 aromatic rings. The topological polar surface area (TPSA) is 71.1 Å². The Bertz CT molecular complexity index is 881. The Kier molecular flexibility index (Phi) is 10.6. The molecule has 0 aliphatic rings. The average molecular weight is 670 g/mol. The molecule has 0 saturated carbocycles. The van der Waals surface area contributed by atoms with Gasteiger partial charge in [-0.3, -0.25) is 0 Å². The van der Waals surface area contributed by atoms with Gasteiger partial charge in [-0.25, -0.2) is 9.59 Å². The van der Waals surface area contributed by atoms with Crippen molar-refractivity contribution in [2.24, 2.45) is 0 Å². The normalized spacial score (nSPS) is 10.9. The van der Waals surface area contributed by atoms with Gasteiger partial charge in [0, 0.05) is 12.2 Å². The molecule has 0 aromatic heterocycles. The summed E-state index contributed by atoms with van der Waals surface area (Å²) in [6, 6.07) is 10.0. The monoisotopic (exact) mass is 666 g/mol. The van der Waals surface area contributed by atoms with E-state index in [1.165, 1.54) is 22.1 Å². The first-order valence-corrected chi connectivity index (χ1v) is 11.7. The molecule has 0 N–H and O–H groups in total. The van der Waals surface area contributed by atoms with Crippen molar-refractivity contribution in [1.82, 2.24) is 0 Å². The number of hydrogen-bond acceptors (Lipinski definition) is 6. The molecule has 0 unspecified atom stereocenters. The van der Waals surface area contributed by atoms with Crippen molar-refractivity contribution in [3.8, 4) is 23.0 Å². The molecule has 0 amide bonds. The number of carbonyl (C=O) groups is 2. The lowest BCUT2D eigenvalue weighted by Crippen LogP contribution is -2.09. The Morgan fingerprint density at radius 3 is 1.47 bits per heavy atom. The van der Waals surface area contributed by atoms with E-state index in [9.17, 15) is 9.59 Å². The summed E-state index contributed by atoms with van der Waals surface area (Å²) in [5.74, 6) is 0.939. The molecule has 0 fully saturated rings. The molecule has 0 aliphatic heterocycles. The number of esters is 2. The second-order valence-corrected chi connectivity index (χ2v) is 8.07. The Hall–Kier alpha value is -1.62. The van der Waals surface area contributed by atoms with Crippen molar-refractivity contribution in [3.05, 3.63) is 67.5 Å². The first-order chi connectivity index (χ1) is 14.4. The minimum atomic E-state index is -0.499. The van der Waals surface area contributed by atoms with Crippen molar-refractivity contribution in [2.45, 2.75) is 0 Å². The molecular weight excluding hydrogens is 656 g/mol. The third-order valence-corrected chi connectivity index (χ3v) is 5.01. The second-order valence-electron chi connectivity index (χ2n) is 5.31. The summed E-state index contributed by atoms with van der Waals surface area (Å²) >= 11 is 12.7. The van der Waals surface area contributed by atoms with Crippen LogP contribution in [0.15, 0.2) is 67.5 Å². The predicted molar refractivity (Wildman–Crippen MR) is 127 cm³/mol. The summed E-state index contributed by atoms with van der Waals surface area (Å²) in [6.45, 7) is 0.588. The van der Waals surface area contributed by atoms with Gasteiger partial charge in [-0.1, -0.05) is 31.9 Å². The van der Waals surface area contributed by atoms with Crippen LogP contribution in [-0.2, 0) is 9.59 Å². The lowest BCUT2D eigenvalue weighted by Gasteiger charge is -2.11. The van der Waals surface area contributed by atoms with Gasteiger partial charge in [-0.05, 0) is 78.2 Å². The summed E-state index contributed by atoms with van der Waals surface area (Å²) in [6.07, 6.45) is 2.51. The predicted octanol–water partition coefficient (Wildman–Crippen LogP) is 6.30. The molecule has 0 saturated heterocycles. The maximum Gasteiger partial charge on any atom is 0.336 e. The van der Waals surface area contributed by atoms with E-state index in [1.54, 1.807) is 36.4 Å². The third kappa shape index (κ3) is 8.25. The lowest BCUT2D eigenvalue weighted by molar-refractivity contribution is -0.129. The zero-order chi connectivity index (χ0) is 21.9. The molecule has 0 bridgehead atoms. The minimum absolute atomic E-state index is 0.294. The van der Waals surface area contributed by atoms with Crippen molar-refractivity contribution >= 4 is 75.7 Å². The van der Waals surface area contributed by atoms with Gasteiger partial charge in [0.25, 0.3) is 0 Å². The van der Waals surface area contributed by atoms with Gasteiger partial charge in [0.15, 0.2) is 0 Å². The molecule has 6 nitrogen and oxygen atoms in total. The number of hydrogen-bond donors (Lipinski definition) is 0. The molecule has 2 rings (SSSR count). The van der Waals surface area contributed by atoms with Crippen LogP contribution >= 0.6 is 63.7 Å². The highest BCUT2D eigenvalue weighted by Gasteiger charge is 2.09. The van der Waals surface area contributed by atoms with Crippen LogP contribution in [0.25, 0.3) is 0 Å². The van der Waals surface area contributed by atoms with E-state index >= 15 is 0 Å². The van der Waals surface area contributed by atoms with Crippen molar-refractivity contribution in [1.29, 1.82) is 0 Å². The van der Waals surface area contributed by atoms with Crippen LogP contribution in [0.3, 0.4) is 0 Å². The molecule has 10 heteroatoms. The van der Waals surface area contributed by atoms with Gasteiger partial charge in [0.2, 0.25) is 0 Å². The van der Waals surface area contributed by atoms with Gasteiger partial charge in [-0.2, -0.15) is 0 Å². The minimum Gasteiger partial charge on any atom is -0.490 e. The van der Waals surface area contributed by atoms with Crippen molar-refractivity contribution < 1.29 is 28.5 Å². The summed E-state index contributed by atoms with van der Waals surface area (Å²) in [4.78, 5) is 25.8. The number of halogens is 4. The molecule has 0 heterocycles. The first kappa shape index (κ1) is 24.6. The highest BCUT2D eigenvalue weighted by Crippen LogP contribution is 2.30. The average Bonchev–Trinajstić information content (AvgIpc) is 2.69. The van der Waals surface area contributed by atoms with Crippen LogP contribution in [0.4, 0.5) is 0 Å². The first-order valence-electron chi connectivity index (χ1n) is 8.24. The van der Waals surface area contributed by atoms with Crippen LogP contribution in [-0.4, -0.2) is 25.2 Å². The zero-order valence-corrected chi connectivity index (χ0v) is 21.5. The van der Waals surface area contributed by atoms with Crippen LogP contribution in [0, 0.1) is 0 Å². The fourth-order valence-corrected chi connectivity index (χ4v) is 3.32. The maximum atomic E-state index is 11.5. The van der Waals surface area contributed by atoms with Crippen LogP contribution < -0.4 is 18.9 Å².